The van der Waals surface area contributed by atoms with Crippen LogP contribution in [0.2, 0.25) is 0 Å². The van der Waals surface area contributed by atoms with E-state index in [-0.39, 0.29) is 6.10 Å². The zero-order chi connectivity index (χ0) is 10.5. The first-order chi connectivity index (χ1) is 7.34. The predicted molar refractivity (Wildman–Crippen MR) is 61.5 cm³/mol. The van der Waals surface area contributed by atoms with Gasteiger partial charge in [0.25, 0.3) is 0 Å². The van der Waals surface area contributed by atoms with Gasteiger partial charge in [0.05, 0.1) is 6.10 Å². The van der Waals surface area contributed by atoms with E-state index in [1.807, 2.05) is 6.07 Å². The minimum Gasteiger partial charge on any atom is -0.393 e. The van der Waals surface area contributed by atoms with Gasteiger partial charge in [-0.1, -0.05) is 30.3 Å². The Balaban J connectivity index is 1.78. The Bertz CT molecular complexity index is 286. The summed E-state index contributed by atoms with van der Waals surface area (Å²) in [4.78, 5) is 0. The lowest BCUT2D eigenvalue weighted by atomic mass is 9.93. The monoisotopic (exact) mass is 205 g/mol. The number of rotatable bonds is 3. The average molecular weight is 205 g/mol. The summed E-state index contributed by atoms with van der Waals surface area (Å²) in [7, 11) is 0. The lowest BCUT2D eigenvalue weighted by molar-refractivity contribution is 0.111. The molecule has 0 amide bonds. The summed E-state index contributed by atoms with van der Waals surface area (Å²) in [5, 5.41) is 13.0. The molecule has 0 radical (unpaired) electrons. The van der Waals surface area contributed by atoms with Crippen LogP contribution in [-0.2, 0) is 6.54 Å². The Morgan fingerprint density at radius 3 is 2.73 bits per heavy atom. The highest BCUT2D eigenvalue weighted by Crippen LogP contribution is 2.18. The first-order valence-corrected chi connectivity index (χ1v) is 5.80. The molecule has 1 fully saturated rings. The SMILES string of the molecule is O[C@H]1CCC[C@@H](NCc2ccccc2)C1. The molecule has 1 aromatic rings. The van der Waals surface area contributed by atoms with Gasteiger partial charge in [-0.15, -0.1) is 0 Å². The van der Waals surface area contributed by atoms with Crippen LogP contribution in [-0.4, -0.2) is 17.3 Å². The van der Waals surface area contributed by atoms with E-state index < -0.39 is 0 Å². The first-order valence-electron chi connectivity index (χ1n) is 5.80. The van der Waals surface area contributed by atoms with Gasteiger partial charge in [0.1, 0.15) is 0 Å². The Morgan fingerprint density at radius 1 is 1.20 bits per heavy atom. The summed E-state index contributed by atoms with van der Waals surface area (Å²) in [6.07, 6.45) is 4.14. The molecular weight excluding hydrogens is 186 g/mol. The number of hydrogen-bond donors (Lipinski definition) is 2. The number of aliphatic hydroxyl groups excluding tert-OH is 1. The largest absolute Gasteiger partial charge is 0.393 e. The molecule has 82 valence electrons. The molecule has 1 saturated carbocycles. The highest BCUT2D eigenvalue weighted by atomic mass is 16.3. The van der Waals surface area contributed by atoms with Gasteiger partial charge in [-0.25, -0.2) is 0 Å². The van der Waals surface area contributed by atoms with Crippen LogP contribution in [0.1, 0.15) is 31.2 Å². The second-order valence-electron chi connectivity index (χ2n) is 4.38. The van der Waals surface area contributed by atoms with Crippen molar-refractivity contribution in [2.75, 3.05) is 0 Å². The van der Waals surface area contributed by atoms with Crippen molar-refractivity contribution in [3.63, 3.8) is 0 Å². The molecule has 0 spiro atoms. The molecule has 2 N–H and O–H groups in total. The van der Waals surface area contributed by atoms with Crippen molar-refractivity contribution in [3.05, 3.63) is 35.9 Å². The molecule has 1 aromatic carbocycles. The van der Waals surface area contributed by atoms with Crippen molar-refractivity contribution < 1.29 is 5.11 Å². The van der Waals surface area contributed by atoms with Crippen LogP contribution in [0.25, 0.3) is 0 Å². The van der Waals surface area contributed by atoms with Crippen LogP contribution in [0.5, 0.6) is 0 Å². The van der Waals surface area contributed by atoms with Gasteiger partial charge in [-0.3, -0.25) is 0 Å². The number of aliphatic hydroxyl groups is 1. The Kier molecular flexibility index (Phi) is 3.75. The molecular formula is C13H19NO. The summed E-state index contributed by atoms with van der Waals surface area (Å²) in [6, 6.07) is 10.9. The number of nitrogens with one attached hydrogen (secondary N) is 1. The normalized spacial score (nSPS) is 26.5. The van der Waals surface area contributed by atoms with E-state index in [1.54, 1.807) is 0 Å². The summed E-state index contributed by atoms with van der Waals surface area (Å²) >= 11 is 0. The van der Waals surface area contributed by atoms with E-state index in [4.69, 9.17) is 0 Å². The molecule has 15 heavy (non-hydrogen) atoms. The maximum Gasteiger partial charge on any atom is 0.0555 e. The molecule has 2 rings (SSSR count). The third-order valence-corrected chi connectivity index (χ3v) is 3.08. The number of benzene rings is 1. The van der Waals surface area contributed by atoms with Crippen LogP contribution < -0.4 is 5.32 Å². The van der Waals surface area contributed by atoms with Crippen molar-refractivity contribution in [2.24, 2.45) is 0 Å². The van der Waals surface area contributed by atoms with Crippen molar-refractivity contribution >= 4 is 0 Å². The fourth-order valence-corrected chi connectivity index (χ4v) is 2.21. The van der Waals surface area contributed by atoms with Crippen LogP contribution in [0.4, 0.5) is 0 Å². The second-order valence-corrected chi connectivity index (χ2v) is 4.38. The van der Waals surface area contributed by atoms with E-state index in [9.17, 15) is 5.11 Å². The van der Waals surface area contributed by atoms with Crippen LogP contribution in [0.15, 0.2) is 30.3 Å². The van der Waals surface area contributed by atoms with Crippen LogP contribution in [0.3, 0.4) is 0 Å². The number of hydrogen-bond acceptors (Lipinski definition) is 2. The highest BCUT2D eigenvalue weighted by Gasteiger charge is 2.19. The molecule has 0 saturated heterocycles. The van der Waals surface area contributed by atoms with Crippen molar-refractivity contribution in [3.8, 4) is 0 Å². The predicted octanol–water partition coefficient (Wildman–Crippen LogP) is 2.08. The molecule has 0 aromatic heterocycles. The average Bonchev–Trinajstić information content (AvgIpc) is 2.28. The molecule has 2 heteroatoms. The molecule has 0 unspecified atom stereocenters. The van der Waals surface area contributed by atoms with E-state index in [1.165, 1.54) is 12.0 Å². The van der Waals surface area contributed by atoms with Crippen LogP contribution >= 0.6 is 0 Å². The minimum atomic E-state index is -0.0907. The van der Waals surface area contributed by atoms with E-state index in [0.29, 0.717) is 6.04 Å². The molecule has 2 nitrogen and oxygen atoms in total. The van der Waals surface area contributed by atoms with Gasteiger partial charge >= 0.3 is 0 Å². The van der Waals surface area contributed by atoms with Gasteiger partial charge in [0.15, 0.2) is 0 Å². The Labute approximate surface area is 91.3 Å². The smallest absolute Gasteiger partial charge is 0.0555 e. The van der Waals surface area contributed by atoms with Gasteiger partial charge < -0.3 is 10.4 Å². The van der Waals surface area contributed by atoms with E-state index in [0.717, 1.165) is 25.8 Å². The van der Waals surface area contributed by atoms with Gasteiger partial charge in [0, 0.05) is 12.6 Å². The quantitative estimate of drug-likeness (QED) is 0.792. The van der Waals surface area contributed by atoms with Gasteiger partial charge in [-0.2, -0.15) is 0 Å². The molecule has 2 atom stereocenters. The lowest BCUT2D eigenvalue weighted by Crippen LogP contribution is -2.35. The van der Waals surface area contributed by atoms with E-state index in [2.05, 4.69) is 29.6 Å². The lowest BCUT2D eigenvalue weighted by Gasteiger charge is -2.26. The summed E-state index contributed by atoms with van der Waals surface area (Å²) < 4.78 is 0. The van der Waals surface area contributed by atoms with Crippen molar-refractivity contribution in [2.45, 2.75) is 44.4 Å². The standard InChI is InChI=1S/C13H19NO/c15-13-8-4-7-12(9-13)14-10-11-5-2-1-3-6-11/h1-3,5-6,12-15H,4,7-10H2/t12-,13+/m1/s1. The minimum absolute atomic E-state index is 0.0907. The molecule has 0 aliphatic heterocycles. The van der Waals surface area contributed by atoms with Gasteiger partial charge in [0.2, 0.25) is 0 Å². The second kappa shape index (κ2) is 5.29. The van der Waals surface area contributed by atoms with Crippen molar-refractivity contribution in [1.29, 1.82) is 0 Å². The van der Waals surface area contributed by atoms with Crippen molar-refractivity contribution in [1.82, 2.24) is 5.32 Å². The third kappa shape index (κ3) is 3.33. The zero-order valence-corrected chi connectivity index (χ0v) is 9.02. The fourth-order valence-electron chi connectivity index (χ4n) is 2.21. The Morgan fingerprint density at radius 2 is 2.00 bits per heavy atom. The summed E-state index contributed by atoms with van der Waals surface area (Å²) in [6.45, 7) is 0.915. The summed E-state index contributed by atoms with van der Waals surface area (Å²) in [5.41, 5.74) is 1.32. The highest BCUT2D eigenvalue weighted by molar-refractivity contribution is 5.14. The molecule has 1 aliphatic rings. The van der Waals surface area contributed by atoms with Gasteiger partial charge in [-0.05, 0) is 31.2 Å². The maximum absolute atomic E-state index is 9.54. The Hall–Kier alpha value is -0.860. The fraction of sp³-hybridized carbons (Fsp3) is 0.538. The first kappa shape index (κ1) is 10.7. The molecule has 0 bridgehead atoms. The van der Waals surface area contributed by atoms with Crippen LogP contribution in [0, 0.1) is 0 Å². The van der Waals surface area contributed by atoms with E-state index >= 15 is 0 Å². The zero-order valence-electron chi connectivity index (χ0n) is 9.02. The summed E-state index contributed by atoms with van der Waals surface area (Å²) in [5.74, 6) is 0. The maximum atomic E-state index is 9.54. The third-order valence-electron chi connectivity index (χ3n) is 3.08. The molecule has 1 aliphatic carbocycles. The molecule has 0 heterocycles. The topological polar surface area (TPSA) is 32.3 Å².